The van der Waals surface area contributed by atoms with Crippen LogP contribution in [0.4, 0.5) is 0 Å². The Hall–Kier alpha value is -0.300. The summed E-state index contributed by atoms with van der Waals surface area (Å²) < 4.78 is 0. The molecule has 0 aromatic heterocycles. The fourth-order valence-corrected chi connectivity index (χ4v) is 1.16. The number of hydrogen-bond acceptors (Lipinski definition) is 1. The van der Waals surface area contributed by atoms with E-state index in [2.05, 4.69) is 11.9 Å². The zero-order valence-electron chi connectivity index (χ0n) is 5.19. The second-order valence-electron chi connectivity index (χ2n) is 2.32. The van der Waals surface area contributed by atoms with Gasteiger partial charge in [-0.1, -0.05) is 6.08 Å². The van der Waals surface area contributed by atoms with E-state index < -0.39 is 0 Å². The molecule has 1 nitrogen and oxygen atoms in total. The summed E-state index contributed by atoms with van der Waals surface area (Å²) in [6, 6.07) is 0.743. The van der Waals surface area contributed by atoms with E-state index >= 15 is 0 Å². The third kappa shape index (κ3) is 1.34. The molecule has 1 aliphatic heterocycles. The molecule has 0 saturated carbocycles. The fourth-order valence-electron chi connectivity index (χ4n) is 1.16. The lowest BCUT2D eigenvalue weighted by molar-refractivity contribution is 0.615. The molecule has 0 aromatic rings. The van der Waals surface area contributed by atoms with Crippen molar-refractivity contribution < 1.29 is 0 Å². The molecule has 0 bridgehead atoms. The highest BCUT2D eigenvalue weighted by molar-refractivity contribution is 4.81. The molecule has 1 N–H and O–H groups in total. The summed E-state index contributed by atoms with van der Waals surface area (Å²) in [5.74, 6) is 0. The van der Waals surface area contributed by atoms with Crippen molar-refractivity contribution in [2.24, 2.45) is 0 Å². The van der Waals surface area contributed by atoms with E-state index in [9.17, 15) is 0 Å². The van der Waals surface area contributed by atoms with Gasteiger partial charge in [0.25, 0.3) is 0 Å². The van der Waals surface area contributed by atoms with Gasteiger partial charge in [-0.2, -0.15) is 0 Å². The van der Waals surface area contributed by atoms with E-state index in [-0.39, 0.29) is 0 Å². The first-order valence-electron chi connectivity index (χ1n) is 3.28. The van der Waals surface area contributed by atoms with E-state index in [0.29, 0.717) is 0 Å². The molecule has 0 aromatic carbocycles. The molecule has 1 fully saturated rings. The van der Waals surface area contributed by atoms with Crippen molar-refractivity contribution in [3.05, 3.63) is 12.7 Å². The van der Waals surface area contributed by atoms with Crippen LogP contribution in [0.3, 0.4) is 0 Å². The molecular formula is C7H13N. The quantitative estimate of drug-likeness (QED) is 0.530. The zero-order valence-corrected chi connectivity index (χ0v) is 5.19. The summed E-state index contributed by atoms with van der Waals surface area (Å²) in [5.41, 5.74) is 0. The Bertz CT molecular complexity index is 72.5. The monoisotopic (exact) mass is 111 g/mol. The van der Waals surface area contributed by atoms with Crippen LogP contribution in [0.5, 0.6) is 0 Å². The largest absolute Gasteiger partial charge is 0.314 e. The highest BCUT2D eigenvalue weighted by Gasteiger charge is 2.10. The van der Waals surface area contributed by atoms with Crippen LogP contribution < -0.4 is 5.32 Å². The lowest BCUT2D eigenvalue weighted by Gasteiger charge is -2.03. The molecule has 0 unspecified atom stereocenters. The maximum atomic E-state index is 3.68. The van der Waals surface area contributed by atoms with Crippen molar-refractivity contribution in [3.8, 4) is 0 Å². The van der Waals surface area contributed by atoms with Crippen molar-refractivity contribution in [2.75, 3.05) is 6.54 Å². The molecule has 1 heteroatoms. The van der Waals surface area contributed by atoms with Gasteiger partial charge in [-0.15, -0.1) is 6.58 Å². The highest BCUT2D eigenvalue weighted by atomic mass is 14.9. The molecule has 0 amide bonds. The lowest BCUT2D eigenvalue weighted by Crippen LogP contribution is -2.19. The molecule has 1 rings (SSSR count). The van der Waals surface area contributed by atoms with Gasteiger partial charge in [0, 0.05) is 6.04 Å². The number of hydrogen-bond donors (Lipinski definition) is 1. The normalized spacial score (nSPS) is 28.2. The summed E-state index contributed by atoms with van der Waals surface area (Å²) in [6.45, 7) is 4.89. The van der Waals surface area contributed by atoms with Gasteiger partial charge in [0.15, 0.2) is 0 Å². The lowest BCUT2D eigenvalue weighted by atomic mass is 10.2. The first kappa shape index (κ1) is 5.83. The fraction of sp³-hybridized carbons (Fsp3) is 0.714. The Morgan fingerprint density at radius 1 is 1.75 bits per heavy atom. The summed E-state index contributed by atoms with van der Waals surface area (Å²) in [7, 11) is 0. The third-order valence-electron chi connectivity index (χ3n) is 1.61. The van der Waals surface area contributed by atoms with Crippen molar-refractivity contribution in [1.29, 1.82) is 0 Å². The maximum absolute atomic E-state index is 3.68. The van der Waals surface area contributed by atoms with Crippen LogP contribution in [0.2, 0.25) is 0 Å². The van der Waals surface area contributed by atoms with Gasteiger partial charge in [-0.25, -0.2) is 0 Å². The van der Waals surface area contributed by atoms with Crippen LogP contribution in [-0.4, -0.2) is 12.6 Å². The predicted octanol–water partition coefficient (Wildman–Crippen LogP) is 1.31. The summed E-state index contributed by atoms with van der Waals surface area (Å²) >= 11 is 0. The summed E-state index contributed by atoms with van der Waals surface area (Å²) in [4.78, 5) is 0. The molecule has 1 heterocycles. The Kier molecular flexibility index (Phi) is 2.10. The maximum Gasteiger partial charge on any atom is 0.0102 e. The van der Waals surface area contributed by atoms with E-state index in [4.69, 9.17) is 0 Å². The highest BCUT2D eigenvalue weighted by Crippen LogP contribution is 2.07. The van der Waals surface area contributed by atoms with Crippen LogP contribution >= 0.6 is 0 Å². The van der Waals surface area contributed by atoms with E-state index in [1.807, 2.05) is 6.08 Å². The molecular weight excluding hydrogens is 98.1 g/mol. The van der Waals surface area contributed by atoms with E-state index in [0.717, 1.165) is 12.5 Å². The van der Waals surface area contributed by atoms with Gasteiger partial charge in [0.1, 0.15) is 0 Å². The Labute approximate surface area is 50.8 Å². The van der Waals surface area contributed by atoms with Crippen LogP contribution in [-0.2, 0) is 0 Å². The second kappa shape index (κ2) is 2.88. The van der Waals surface area contributed by atoms with Gasteiger partial charge in [0.2, 0.25) is 0 Å². The third-order valence-corrected chi connectivity index (χ3v) is 1.61. The molecule has 1 aliphatic rings. The van der Waals surface area contributed by atoms with Crippen LogP contribution in [0.15, 0.2) is 12.7 Å². The first-order valence-corrected chi connectivity index (χ1v) is 3.28. The van der Waals surface area contributed by atoms with Crippen LogP contribution in [0.1, 0.15) is 19.3 Å². The topological polar surface area (TPSA) is 12.0 Å². The smallest absolute Gasteiger partial charge is 0.0102 e. The number of nitrogens with one attached hydrogen (secondary N) is 1. The number of rotatable bonds is 2. The molecule has 8 heavy (non-hydrogen) atoms. The van der Waals surface area contributed by atoms with Gasteiger partial charge in [0.05, 0.1) is 0 Å². The van der Waals surface area contributed by atoms with Gasteiger partial charge in [-0.3, -0.25) is 0 Å². The van der Waals surface area contributed by atoms with Crippen molar-refractivity contribution >= 4 is 0 Å². The summed E-state index contributed by atoms with van der Waals surface area (Å²) in [6.07, 6.45) is 5.81. The SMILES string of the molecule is C=CC[C@H]1CCCN1. The second-order valence-corrected chi connectivity index (χ2v) is 2.32. The Morgan fingerprint density at radius 2 is 2.62 bits per heavy atom. The molecule has 46 valence electrons. The van der Waals surface area contributed by atoms with Gasteiger partial charge >= 0.3 is 0 Å². The molecule has 0 spiro atoms. The minimum absolute atomic E-state index is 0.743. The molecule has 1 atom stereocenters. The minimum atomic E-state index is 0.743. The van der Waals surface area contributed by atoms with Crippen LogP contribution in [0.25, 0.3) is 0 Å². The predicted molar refractivity (Wildman–Crippen MR) is 35.8 cm³/mol. The molecule has 0 radical (unpaired) electrons. The van der Waals surface area contributed by atoms with Crippen molar-refractivity contribution in [3.63, 3.8) is 0 Å². The molecule has 0 aliphatic carbocycles. The molecule has 1 saturated heterocycles. The Balaban J connectivity index is 2.14. The average Bonchev–Trinajstić information content (AvgIpc) is 2.19. The van der Waals surface area contributed by atoms with E-state index in [1.165, 1.54) is 19.4 Å². The minimum Gasteiger partial charge on any atom is -0.314 e. The summed E-state index contributed by atoms with van der Waals surface area (Å²) in [5, 5.41) is 3.39. The average molecular weight is 111 g/mol. The van der Waals surface area contributed by atoms with E-state index in [1.54, 1.807) is 0 Å². The van der Waals surface area contributed by atoms with Gasteiger partial charge in [-0.05, 0) is 25.8 Å². The van der Waals surface area contributed by atoms with Gasteiger partial charge < -0.3 is 5.32 Å². The van der Waals surface area contributed by atoms with Crippen molar-refractivity contribution in [1.82, 2.24) is 5.32 Å². The van der Waals surface area contributed by atoms with Crippen molar-refractivity contribution in [2.45, 2.75) is 25.3 Å². The van der Waals surface area contributed by atoms with Crippen LogP contribution in [0, 0.1) is 0 Å². The Morgan fingerprint density at radius 3 is 3.12 bits per heavy atom. The first-order chi connectivity index (χ1) is 3.93. The zero-order chi connectivity index (χ0) is 5.82. The standard InChI is InChI=1S/C7H13N/c1-2-4-7-5-3-6-8-7/h2,7-8H,1,3-6H2/t7-/m0/s1.